The smallest absolute Gasteiger partial charge is 0.123 e. The van der Waals surface area contributed by atoms with Crippen molar-refractivity contribution in [1.29, 1.82) is 0 Å². The SMILES string of the molecule is COc1ccc(C(C)C)cc1[C@H](N)c1ccsc1. The fourth-order valence-corrected chi connectivity index (χ4v) is 2.68. The van der Waals surface area contributed by atoms with Gasteiger partial charge in [0.25, 0.3) is 0 Å². The van der Waals surface area contributed by atoms with Crippen molar-refractivity contribution in [3.8, 4) is 5.75 Å². The minimum absolute atomic E-state index is 0.120. The van der Waals surface area contributed by atoms with E-state index < -0.39 is 0 Å². The zero-order chi connectivity index (χ0) is 13.1. The molecular weight excluding hydrogens is 242 g/mol. The molecule has 96 valence electrons. The molecule has 0 aliphatic carbocycles. The molecule has 0 aliphatic heterocycles. The van der Waals surface area contributed by atoms with Gasteiger partial charge < -0.3 is 10.5 Å². The van der Waals surface area contributed by atoms with E-state index in [1.54, 1.807) is 18.4 Å². The third-order valence-electron chi connectivity index (χ3n) is 3.16. The van der Waals surface area contributed by atoms with Crippen molar-refractivity contribution in [2.45, 2.75) is 25.8 Å². The van der Waals surface area contributed by atoms with Crippen LogP contribution in [0.15, 0.2) is 35.0 Å². The molecule has 1 atom stereocenters. The molecule has 2 N–H and O–H groups in total. The van der Waals surface area contributed by atoms with Gasteiger partial charge in [0.15, 0.2) is 0 Å². The standard InChI is InChI=1S/C15H19NOS/c1-10(2)11-4-5-14(17-3)13(8-11)15(16)12-6-7-18-9-12/h4-10,15H,16H2,1-3H3/t15-/m1/s1. The summed E-state index contributed by atoms with van der Waals surface area (Å²) in [7, 11) is 1.69. The zero-order valence-electron chi connectivity index (χ0n) is 11.0. The Morgan fingerprint density at radius 1 is 1.17 bits per heavy atom. The van der Waals surface area contributed by atoms with Crippen molar-refractivity contribution >= 4 is 11.3 Å². The zero-order valence-corrected chi connectivity index (χ0v) is 11.8. The Balaban J connectivity index is 2.43. The summed E-state index contributed by atoms with van der Waals surface area (Å²) in [5, 5.41) is 4.14. The van der Waals surface area contributed by atoms with Gasteiger partial charge in [-0.05, 0) is 46.0 Å². The molecule has 0 aliphatic rings. The Hall–Kier alpha value is -1.32. The third-order valence-corrected chi connectivity index (χ3v) is 3.86. The van der Waals surface area contributed by atoms with E-state index in [0.717, 1.165) is 16.9 Å². The van der Waals surface area contributed by atoms with E-state index in [-0.39, 0.29) is 6.04 Å². The normalized spacial score (nSPS) is 12.7. The van der Waals surface area contributed by atoms with Crippen LogP contribution in [0.5, 0.6) is 5.75 Å². The number of benzene rings is 1. The molecule has 0 unspecified atom stereocenters. The molecule has 2 rings (SSSR count). The summed E-state index contributed by atoms with van der Waals surface area (Å²) in [6.07, 6.45) is 0. The van der Waals surface area contributed by atoms with Gasteiger partial charge in [-0.25, -0.2) is 0 Å². The first-order valence-electron chi connectivity index (χ1n) is 6.09. The van der Waals surface area contributed by atoms with Gasteiger partial charge in [0.2, 0.25) is 0 Å². The molecule has 1 aromatic heterocycles. The lowest BCUT2D eigenvalue weighted by atomic mass is 9.95. The minimum Gasteiger partial charge on any atom is -0.496 e. The van der Waals surface area contributed by atoms with Crippen LogP contribution in [-0.4, -0.2) is 7.11 Å². The number of thiophene rings is 1. The fourth-order valence-electron chi connectivity index (χ4n) is 1.99. The Morgan fingerprint density at radius 3 is 2.50 bits per heavy atom. The highest BCUT2D eigenvalue weighted by atomic mass is 32.1. The van der Waals surface area contributed by atoms with E-state index in [0.29, 0.717) is 5.92 Å². The summed E-state index contributed by atoms with van der Waals surface area (Å²) in [5.74, 6) is 1.35. The quantitative estimate of drug-likeness (QED) is 0.905. The van der Waals surface area contributed by atoms with Crippen molar-refractivity contribution in [3.63, 3.8) is 0 Å². The number of ether oxygens (including phenoxy) is 1. The van der Waals surface area contributed by atoms with Gasteiger partial charge in [-0.3, -0.25) is 0 Å². The molecule has 3 heteroatoms. The van der Waals surface area contributed by atoms with E-state index in [1.807, 2.05) is 11.4 Å². The molecule has 18 heavy (non-hydrogen) atoms. The lowest BCUT2D eigenvalue weighted by molar-refractivity contribution is 0.407. The summed E-state index contributed by atoms with van der Waals surface area (Å²) in [6, 6.07) is 8.22. The van der Waals surface area contributed by atoms with Gasteiger partial charge in [0.05, 0.1) is 13.2 Å². The maximum absolute atomic E-state index is 6.33. The highest BCUT2D eigenvalue weighted by Gasteiger charge is 2.15. The number of hydrogen-bond acceptors (Lipinski definition) is 3. The summed E-state index contributed by atoms with van der Waals surface area (Å²) in [6.45, 7) is 4.36. The number of nitrogens with two attached hydrogens (primary N) is 1. The summed E-state index contributed by atoms with van der Waals surface area (Å²) in [5.41, 5.74) is 9.82. The van der Waals surface area contributed by atoms with Crippen LogP contribution in [0.4, 0.5) is 0 Å². The average molecular weight is 261 g/mol. The number of hydrogen-bond donors (Lipinski definition) is 1. The van der Waals surface area contributed by atoms with Gasteiger partial charge in [-0.1, -0.05) is 19.9 Å². The largest absolute Gasteiger partial charge is 0.496 e. The van der Waals surface area contributed by atoms with Crippen molar-refractivity contribution in [3.05, 3.63) is 51.7 Å². The molecule has 0 bridgehead atoms. The maximum atomic E-state index is 6.33. The fraction of sp³-hybridized carbons (Fsp3) is 0.333. The van der Waals surface area contributed by atoms with Crippen molar-refractivity contribution in [2.75, 3.05) is 7.11 Å². The van der Waals surface area contributed by atoms with Crippen LogP contribution in [0.3, 0.4) is 0 Å². The predicted octanol–water partition coefficient (Wildman–Crippen LogP) is 3.93. The molecule has 0 fully saturated rings. The molecule has 1 heterocycles. The van der Waals surface area contributed by atoms with Crippen LogP contribution in [-0.2, 0) is 0 Å². The number of rotatable bonds is 4. The summed E-state index contributed by atoms with van der Waals surface area (Å²) < 4.78 is 5.42. The van der Waals surface area contributed by atoms with Gasteiger partial charge in [-0.2, -0.15) is 11.3 Å². The lowest BCUT2D eigenvalue weighted by Gasteiger charge is -2.17. The van der Waals surface area contributed by atoms with Crippen LogP contribution in [0.1, 0.15) is 42.5 Å². The second-order valence-electron chi connectivity index (χ2n) is 4.69. The van der Waals surface area contributed by atoms with E-state index in [2.05, 4.69) is 37.4 Å². The van der Waals surface area contributed by atoms with E-state index in [9.17, 15) is 0 Å². The minimum atomic E-state index is -0.120. The Morgan fingerprint density at radius 2 is 1.94 bits per heavy atom. The maximum Gasteiger partial charge on any atom is 0.123 e. The van der Waals surface area contributed by atoms with E-state index >= 15 is 0 Å². The van der Waals surface area contributed by atoms with Gasteiger partial charge in [-0.15, -0.1) is 0 Å². The van der Waals surface area contributed by atoms with Crippen LogP contribution < -0.4 is 10.5 Å². The highest BCUT2D eigenvalue weighted by molar-refractivity contribution is 7.08. The Bertz CT molecular complexity index is 505. The van der Waals surface area contributed by atoms with Crippen LogP contribution in [0.25, 0.3) is 0 Å². The van der Waals surface area contributed by atoms with Crippen LogP contribution in [0.2, 0.25) is 0 Å². The first-order chi connectivity index (χ1) is 8.63. The molecule has 0 saturated carbocycles. The average Bonchev–Trinajstić information content (AvgIpc) is 2.90. The van der Waals surface area contributed by atoms with E-state index in [4.69, 9.17) is 10.5 Å². The summed E-state index contributed by atoms with van der Waals surface area (Å²) in [4.78, 5) is 0. The molecule has 0 amide bonds. The first kappa shape index (κ1) is 13.1. The van der Waals surface area contributed by atoms with Crippen LogP contribution in [0, 0.1) is 0 Å². The van der Waals surface area contributed by atoms with Gasteiger partial charge in [0.1, 0.15) is 5.75 Å². The monoisotopic (exact) mass is 261 g/mol. The number of methoxy groups -OCH3 is 1. The third kappa shape index (κ3) is 2.57. The van der Waals surface area contributed by atoms with Crippen molar-refractivity contribution in [1.82, 2.24) is 0 Å². The topological polar surface area (TPSA) is 35.2 Å². The van der Waals surface area contributed by atoms with Crippen molar-refractivity contribution < 1.29 is 4.74 Å². The molecule has 0 saturated heterocycles. The Kier molecular flexibility index (Phi) is 4.04. The molecule has 1 aromatic carbocycles. The molecule has 2 aromatic rings. The molecule has 0 radical (unpaired) electrons. The van der Waals surface area contributed by atoms with E-state index in [1.165, 1.54) is 5.56 Å². The highest BCUT2D eigenvalue weighted by Crippen LogP contribution is 2.32. The summed E-state index contributed by atoms with van der Waals surface area (Å²) >= 11 is 1.67. The molecular formula is C15H19NOS. The first-order valence-corrected chi connectivity index (χ1v) is 7.03. The molecule has 0 spiro atoms. The second-order valence-corrected chi connectivity index (χ2v) is 5.47. The second kappa shape index (κ2) is 5.55. The predicted molar refractivity (Wildman–Crippen MR) is 77.4 cm³/mol. The molecule has 2 nitrogen and oxygen atoms in total. The lowest BCUT2D eigenvalue weighted by Crippen LogP contribution is -2.12. The van der Waals surface area contributed by atoms with Gasteiger partial charge >= 0.3 is 0 Å². The Labute approximate surface area is 112 Å². The van der Waals surface area contributed by atoms with Gasteiger partial charge in [0, 0.05) is 5.56 Å². The van der Waals surface area contributed by atoms with Crippen LogP contribution >= 0.6 is 11.3 Å². The van der Waals surface area contributed by atoms with Crippen molar-refractivity contribution in [2.24, 2.45) is 5.73 Å².